The lowest BCUT2D eigenvalue weighted by Crippen LogP contribution is -2.41. The van der Waals surface area contributed by atoms with Crippen LogP contribution in [0.4, 0.5) is 11.5 Å². The second kappa shape index (κ2) is 9.23. The van der Waals surface area contributed by atoms with Crippen LogP contribution in [0.25, 0.3) is 0 Å². The monoisotopic (exact) mass is 418 g/mol. The summed E-state index contributed by atoms with van der Waals surface area (Å²) in [7, 11) is -2.33. The first kappa shape index (κ1) is 21.1. The zero-order chi connectivity index (χ0) is 20.9. The van der Waals surface area contributed by atoms with Crippen LogP contribution in [0.2, 0.25) is 0 Å². The number of amides is 1. The van der Waals surface area contributed by atoms with Gasteiger partial charge in [-0.3, -0.25) is 4.79 Å². The normalized spacial score (nSPS) is 15.6. The van der Waals surface area contributed by atoms with E-state index in [0.717, 1.165) is 31.7 Å². The molecule has 1 saturated heterocycles. The van der Waals surface area contributed by atoms with Gasteiger partial charge in [-0.05, 0) is 62.6 Å². The van der Waals surface area contributed by atoms with Crippen molar-refractivity contribution in [3.63, 3.8) is 0 Å². The molecule has 8 nitrogen and oxygen atoms in total. The Morgan fingerprint density at radius 2 is 1.79 bits per heavy atom. The zero-order valence-electron chi connectivity index (χ0n) is 16.6. The number of rotatable bonds is 7. The Morgan fingerprint density at radius 1 is 1.10 bits per heavy atom. The lowest BCUT2D eigenvalue weighted by Gasteiger charge is -2.27. The molecule has 2 N–H and O–H groups in total. The number of benzene rings is 1. The number of methoxy groups -OCH3 is 1. The Bertz CT molecular complexity index is 924. The molecule has 156 valence electrons. The minimum Gasteiger partial charge on any atom is -0.497 e. The maximum Gasteiger partial charge on any atom is 0.242 e. The van der Waals surface area contributed by atoms with Crippen molar-refractivity contribution in [3.05, 3.63) is 42.6 Å². The summed E-state index contributed by atoms with van der Waals surface area (Å²) in [5.41, 5.74) is 0.520. The van der Waals surface area contributed by atoms with Crippen LogP contribution in [-0.4, -0.2) is 45.6 Å². The lowest BCUT2D eigenvalue weighted by molar-refractivity contribution is -0.117. The number of carbonyl (C=O) groups excluding carboxylic acids is 1. The largest absolute Gasteiger partial charge is 0.497 e. The molecule has 1 aliphatic heterocycles. The van der Waals surface area contributed by atoms with E-state index in [0.29, 0.717) is 11.4 Å². The number of piperidine rings is 1. The number of aromatic nitrogens is 1. The second-order valence-corrected chi connectivity index (χ2v) is 8.67. The number of sulfonamides is 1. The van der Waals surface area contributed by atoms with Gasteiger partial charge in [-0.25, -0.2) is 13.4 Å². The number of pyridine rings is 1. The third kappa shape index (κ3) is 5.45. The molecule has 1 amide bonds. The molecule has 1 atom stereocenters. The van der Waals surface area contributed by atoms with E-state index in [1.54, 1.807) is 24.4 Å². The van der Waals surface area contributed by atoms with Crippen LogP contribution in [0.3, 0.4) is 0 Å². The number of anilines is 2. The van der Waals surface area contributed by atoms with Gasteiger partial charge in [-0.1, -0.05) is 0 Å². The Hall–Kier alpha value is -2.65. The van der Waals surface area contributed by atoms with E-state index in [9.17, 15) is 13.2 Å². The van der Waals surface area contributed by atoms with Gasteiger partial charge in [0.1, 0.15) is 11.6 Å². The number of hydrogen-bond donors (Lipinski definition) is 2. The number of nitrogens with one attached hydrogen (secondary N) is 2. The van der Waals surface area contributed by atoms with E-state index in [4.69, 9.17) is 4.74 Å². The fourth-order valence-electron chi connectivity index (χ4n) is 3.13. The minimum absolute atomic E-state index is 0.0606. The molecular weight excluding hydrogens is 392 g/mol. The highest BCUT2D eigenvalue weighted by Crippen LogP contribution is 2.19. The fraction of sp³-hybridized carbons (Fsp3) is 0.400. The Kier molecular flexibility index (Phi) is 6.71. The Balaban J connectivity index is 1.59. The van der Waals surface area contributed by atoms with Crippen LogP contribution in [0.5, 0.6) is 5.75 Å². The van der Waals surface area contributed by atoms with Gasteiger partial charge in [0.25, 0.3) is 0 Å². The topological polar surface area (TPSA) is 101 Å². The van der Waals surface area contributed by atoms with E-state index >= 15 is 0 Å². The molecule has 0 radical (unpaired) electrons. The molecule has 2 heterocycles. The number of hydrogen-bond acceptors (Lipinski definition) is 6. The second-order valence-electron chi connectivity index (χ2n) is 6.96. The molecule has 1 fully saturated rings. The van der Waals surface area contributed by atoms with Crippen LogP contribution in [0.1, 0.15) is 26.2 Å². The van der Waals surface area contributed by atoms with Crippen LogP contribution < -0.4 is 19.7 Å². The molecule has 0 aliphatic carbocycles. The molecule has 1 aromatic carbocycles. The molecule has 9 heteroatoms. The van der Waals surface area contributed by atoms with Gasteiger partial charge in [0, 0.05) is 13.1 Å². The predicted octanol–water partition coefficient (Wildman–Crippen LogP) is 2.39. The van der Waals surface area contributed by atoms with Gasteiger partial charge in [0.15, 0.2) is 0 Å². The number of ether oxygens (including phenoxy) is 1. The van der Waals surface area contributed by atoms with Gasteiger partial charge in [-0.15, -0.1) is 0 Å². The number of carbonyl (C=O) groups is 1. The maximum absolute atomic E-state index is 12.5. The first-order valence-electron chi connectivity index (χ1n) is 9.57. The summed E-state index contributed by atoms with van der Waals surface area (Å²) < 4.78 is 32.3. The van der Waals surface area contributed by atoms with E-state index in [2.05, 4.69) is 19.9 Å². The predicted molar refractivity (Wildman–Crippen MR) is 112 cm³/mol. The average molecular weight is 419 g/mol. The summed E-state index contributed by atoms with van der Waals surface area (Å²) in [6.07, 6.45) is 5.15. The molecule has 1 aliphatic rings. The van der Waals surface area contributed by atoms with Crippen molar-refractivity contribution in [2.24, 2.45) is 0 Å². The van der Waals surface area contributed by atoms with Crippen molar-refractivity contribution >= 4 is 27.4 Å². The summed E-state index contributed by atoms with van der Waals surface area (Å²) in [6, 6.07) is 8.64. The quantitative estimate of drug-likeness (QED) is 0.716. The average Bonchev–Trinajstić information content (AvgIpc) is 2.74. The highest BCUT2D eigenvalue weighted by molar-refractivity contribution is 7.89. The van der Waals surface area contributed by atoms with E-state index in [-0.39, 0.29) is 4.90 Å². The third-order valence-corrected chi connectivity index (χ3v) is 6.35. The Labute approximate surface area is 171 Å². The van der Waals surface area contributed by atoms with Crippen LogP contribution in [-0.2, 0) is 14.8 Å². The van der Waals surface area contributed by atoms with E-state index < -0.39 is 22.0 Å². The third-order valence-electron chi connectivity index (χ3n) is 4.79. The lowest BCUT2D eigenvalue weighted by atomic mass is 10.1. The van der Waals surface area contributed by atoms with Crippen molar-refractivity contribution in [2.75, 3.05) is 30.4 Å². The van der Waals surface area contributed by atoms with Gasteiger partial charge in [0.2, 0.25) is 15.9 Å². The minimum atomic E-state index is -3.83. The van der Waals surface area contributed by atoms with Gasteiger partial charge < -0.3 is 15.0 Å². The molecule has 0 unspecified atom stereocenters. The molecule has 1 aromatic heterocycles. The van der Waals surface area contributed by atoms with Gasteiger partial charge in [0.05, 0.1) is 29.9 Å². The molecule has 3 rings (SSSR count). The van der Waals surface area contributed by atoms with Crippen molar-refractivity contribution in [3.8, 4) is 5.75 Å². The summed E-state index contributed by atoms with van der Waals surface area (Å²) in [5.74, 6) is 0.973. The summed E-state index contributed by atoms with van der Waals surface area (Å²) >= 11 is 0. The highest BCUT2D eigenvalue weighted by Gasteiger charge is 2.22. The summed E-state index contributed by atoms with van der Waals surface area (Å²) in [4.78, 5) is 19.1. The van der Waals surface area contributed by atoms with Gasteiger partial charge in [-0.2, -0.15) is 4.72 Å². The molecule has 0 bridgehead atoms. The standard InChI is InChI=1S/C20H26N4O4S/c1-15(23-29(26,27)18-9-7-17(28-2)8-10-18)20(25)22-16-6-11-19(21-14-16)24-12-4-3-5-13-24/h6-11,14-15,23H,3-5,12-13H2,1-2H3,(H,22,25)/t15-/m0/s1. The van der Waals surface area contributed by atoms with E-state index in [1.165, 1.54) is 32.6 Å². The van der Waals surface area contributed by atoms with Crippen molar-refractivity contribution in [1.29, 1.82) is 0 Å². The number of nitrogens with zero attached hydrogens (tertiary/aromatic N) is 2. The molecule has 0 saturated carbocycles. The van der Waals surface area contributed by atoms with Crippen LogP contribution in [0, 0.1) is 0 Å². The first-order valence-corrected chi connectivity index (χ1v) is 11.1. The molecule has 0 spiro atoms. The summed E-state index contributed by atoms with van der Waals surface area (Å²) in [6.45, 7) is 3.47. The Morgan fingerprint density at radius 3 is 2.38 bits per heavy atom. The van der Waals surface area contributed by atoms with Crippen molar-refractivity contribution in [2.45, 2.75) is 37.1 Å². The molecule has 29 heavy (non-hydrogen) atoms. The maximum atomic E-state index is 12.5. The van der Waals surface area contributed by atoms with Gasteiger partial charge >= 0.3 is 0 Å². The molecular formula is C20H26N4O4S. The molecule has 2 aromatic rings. The first-order chi connectivity index (χ1) is 13.9. The van der Waals surface area contributed by atoms with Crippen LogP contribution >= 0.6 is 0 Å². The van der Waals surface area contributed by atoms with E-state index in [1.807, 2.05) is 6.07 Å². The fourth-order valence-corrected chi connectivity index (χ4v) is 4.33. The zero-order valence-corrected chi connectivity index (χ0v) is 17.4. The highest BCUT2D eigenvalue weighted by atomic mass is 32.2. The summed E-state index contributed by atoms with van der Waals surface area (Å²) in [5, 5.41) is 2.70. The SMILES string of the molecule is COc1ccc(S(=O)(=O)N[C@@H](C)C(=O)Nc2ccc(N3CCCCC3)nc2)cc1. The van der Waals surface area contributed by atoms with Crippen molar-refractivity contribution in [1.82, 2.24) is 9.71 Å². The van der Waals surface area contributed by atoms with Crippen molar-refractivity contribution < 1.29 is 17.9 Å². The van der Waals surface area contributed by atoms with Crippen LogP contribution in [0.15, 0.2) is 47.5 Å². The smallest absolute Gasteiger partial charge is 0.242 e.